The molecule has 1 saturated heterocycles. The minimum atomic E-state index is -0.169. The van der Waals surface area contributed by atoms with Crippen LogP contribution in [0, 0.1) is 12.8 Å². The third-order valence-corrected chi connectivity index (χ3v) is 4.74. The van der Waals surface area contributed by atoms with Crippen LogP contribution in [0.15, 0.2) is 24.5 Å². The van der Waals surface area contributed by atoms with Crippen LogP contribution < -0.4 is 10.2 Å². The van der Waals surface area contributed by atoms with Crippen molar-refractivity contribution in [1.29, 1.82) is 0 Å². The molecule has 1 aliphatic heterocycles. The van der Waals surface area contributed by atoms with E-state index in [0.717, 1.165) is 44.1 Å². The van der Waals surface area contributed by atoms with E-state index in [2.05, 4.69) is 46.1 Å². The zero-order valence-corrected chi connectivity index (χ0v) is 16.1. The summed E-state index contributed by atoms with van der Waals surface area (Å²) < 4.78 is 1.88. The predicted octanol–water partition coefficient (Wildman–Crippen LogP) is 2.25. The van der Waals surface area contributed by atoms with Gasteiger partial charge in [-0.25, -0.2) is 4.98 Å². The Bertz CT molecular complexity index is 744. The summed E-state index contributed by atoms with van der Waals surface area (Å²) in [5.74, 6) is 0.870. The van der Waals surface area contributed by atoms with E-state index in [1.165, 1.54) is 0 Å². The van der Waals surface area contributed by atoms with Gasteiger partial charge in [-0.15, -0.1) is 0 Å². The predicted molar refractivity (Wildman–Crippen MR) is 104 cm³/mol. The van der Waals surface area contributed by atoms with Crippen LogP contribution in [-0.4, -0.2) is 58.8 Å². The molecule has 1 fully saturated rings. The van der Waals surface area contributed by atoms with Gasteiger partial charge in [0.25, 0.3) is 5.91 Å². The number of hydrogen-bond acceptors (Lipinski definition) is 5. The lowest BCUT2D eigenvalue weighted by molar-refractivity contribution is 0.102. The number of carbonyl (C=O) groups excluding carboxylic acids is 1. The largest absolute Gasteiger partial charge is 0.368 e. The molecule has 2 aromatic heterocycles. The maximum atomic E-state index is 12.5. The molecule has 0 saturated carbocycles. The van der Waals surface area contributed by atoms with E-state index in [1.54, 1.807) is 6.20 Å². The Morgan fingerprint density at radius 2 is 1.92 bits per heavy atom. The lowest BCUT2D eigenvalue weighted by Crippen LogP contribution is -2.44. The normalized spacial score (nSPS) is 15.5. The number of nitrogens with one attached hydrogen (secondary N) is 1. The number of carbonyl (C=O) groups is 1. The van der Waals surface area contributed by atoms with Crippen molar-refractivity contribution in [2.75, 3.05) is 43.4 Å². The Morgan fingerprint density at radius 3 is 2.54 bits per heavy atom. The third kappa shape index (κ3) is 4.22. The lowest BCUT2D eigenvalue weighted by Gasteiger charge is -2.33. The van der Waals surface area contributed by atoms with E-state index in [-0.39, 0.29) is 5.91 Å². The minimum Gasteiger partial charge on any atom is -0.368 e. The maximum Gasteiger partial charge on any atom is 0.260 e. The molecule has 3 heterocycles. The number of nitrogens with zero attached hydrogens (tertiary/aromatic N) is 5. The summed E-state index contributed by atoms with van der Waals surface area (Å²) >= 11 is 0. The van der Waals surface area contributed by atoms with Crippen LogP contribution in [0.1, 0.15) is 29.9 Å². The van der Waals surface area contributed by atoms with E-state index in [4.69, 9.17) is 0 Å². The van der Waals surface area contributed by atoms with Crippen LogP contribution in [0.3, 0.4) is 0 Å². The van der Waals surface area contributed by atoms with Crippen molar-refractivity contribution < 1.29 is 4.79 Å². The summed E-state index contributed by atoms with van der Waals surface area (Å²) in [7, 11) is 2.14. The van der Waals surface area contributed by atoms with Crippen molar-refractivity contribution in [3.8, 4) is 0 Å². The Labute approximate surface area is 155 Å². The Kier molecular flexibility index (Phi) is 5.56. The fourth-order valence-corrected chi connectivity index (χ4v) is 3.09. The van der Waals surface area contributed by atoms with Crippen LogP contribution in [0.5, 0.6) is 0 Å². The van der Waals surface area contributed by atoms with Gasteiger partial charge in [0.1, 0.15) is 5.82 Å². The second-order valence-corrected chi connectivity index (χ2v) is 7.37. The number of hydrogen-bond donors (Lipinski definition) is 1. The average molecular weight is 356 g/mol. The van der Waals surface area contributed by atoms with Gasteiger partial charge in [-0.1, -0.05) is 13.8 Å². The number of aromatic nitrogens is 3. The van der Waals surface area contributed by atoms with Crippen molar-refractivity contribution >= 4 is 17.4 Å². The SMILES string of the molecule is Cc1c(C(=O)Nc2ccc(N3CCN(C)CC3)cn2)cnn1CC(C)C. The van der Waals surface area contributed by atoms with Gasteiger partial charge in [-0.3, -0.25) is 9.48 Å². The summed E-state index contributed by atoms with van der Waals surface area (Å²) in [6, 6.07) is 3.88. The first-order chi connectivity index (χ1) is 12.4. The second-order valence-electron chi connectivity index (χ2n) is 7.37. The summed E-state index contributed by atoms with van der Waals surface area (Å²) in [5, 5.41) is 7.20. The quantitative estimate of drug-likeness (QED) is 0.890. The molecular formula is C19H28N6O. The number of anilines is 2. The number of likely N-dealkylation sites (N-methyl/N-ethyl adjacent to an activating group) is 1. The minimum absolute atomic E-state index is 0.169. The maximum absolute atomic E-state index is 12.5. The molecule has 1 N–H and O–H groups in total. The molecule has 7 nitrogen and oxygen atoms in total. The van der Waals surface area contributed by atoms with Crippen molar-refractivity contribution in [1.82, 2.24) is 19.7 Å². The van der Waals surface area contributed by atoms with Crippen LogP contribution in [-0.2, 0) is 6.54 Å². The average Bonchev–Trinajstić information content (AvgIpc) is 2.96. The van der Waals surface area contributed by atoms with Crippen LogP contribution in [0.25, 0.3) is 0 Å². The lowest BCUT2D eigenvalue weighted by atomic mass is 10.2. The van der Waals surface area contributed by atoms with Gasteiger partial charge in [0.15, 0.2) is 0 Å². The third-order valence-electron chi connectivity index (χ3n) is 4.74. The number of piperazine rings is 1. The molecule has 7 heteroatoms. The van der Waals surface area contributed by atoms with E-state index < -0.39 is 0 Å². The summed E-state index contributed by atoms with van der Waals surface area (Å²) in [4.78, 5) is 21.6. The summed E-state index contributed by atoms with van der Waals surface area (Å²) in [5.41, 5.74) is 2.57. The van der Waals surface area contributed by atoms with Gasteiger partial charge in [0, 0.05) is 38.4 Å². The van der Waals surface area contributed by atoms with Gasteiger partial charge < -0.3 is 15.1 Å². The van der Waals surface area contributed by atoms with E-state index in [9.17, 15) is 4.79 Å². The first-order valence-electron chi connectivity index (χ1n) is 9.17. The molecule has 1 aliphatic rings. The van der Waals surface area contributed by atoms with Crippen molar-refractivity contribution in [2.45, 2.75) is 27.3 Å². The van der Waals surface area contributed by atoms with Gasteiger partial charge in [-0.2, -0.15) is 5.10 Å². The highest BCUT2D eigenvalue weighted by Gasteiger charge is 2.17. The zero-order chi connectivity index (χ0) is 18.7. The fraction of sp³-hybridized carbons (Fsp3) is 0.526. The van der Waals surface area contributed by atoms with Crippen LogP contribution in [0.2, 0.25) is 0 Å². The molecule has 0 aliphatic carbocycles. The zero-order valence-electron chi connectivity index (χ0n) is 16.1. The highest BCUT2D eigenvalue weighted by molar-refractivity contribution is 6.04. The van der Waals surface area contributed by atoms with Crippen LogP contribution in [0.4, 0.5) is 11.5 Å². The highest BCUT2D eigenvalue weighted by atomic mass is 16.1. The van der Waals surface area contributed by atoms with Crippen LogP contribution >= 0.6 is 0 Å². The number of amides is 1. The topological polar surface area (TPSA) is 66.3 Å². The second kappa shape index (κ2) is 7.86. The molecule has 1 amide bonds. The molecule has 26 heavy (non-hydrogen) atoms. The van der Waals surface area contributed by atoms with E-state index >= 15 is 0 Å². The molecule has 0 bridgehead atoms. The highest BCUT2D eigenvalue weighted by Crippen LogP contribution is 2.18. The van der Waals surface area contributed by atoms with Gasteiger partial charge in [0.2, 0.25) is 0 Å². The molecular weight excluding hydrogens is 328 g/mol. The molecule has 0 atom stereocenters. The van der Waals surface area contributed by atoms with E-state index in [1.807, 2.05) is 29.9 Å². The number of rotatable bonds is 5. The smallest absolute Gasteiger partial charge is 0.260 e. The van der Waals surface area contributed by atoms with Gasteiger partial charge in [0.05, 0.1) is 23.6 Å². The van der Waals surface area contributed by atoms with E-state index in [0.29, 0.717) is 17.3 Å². The van der Waals surface area contributed by atoms with Crippen molar-refractivity contribution in [2.24, 2.45) is 5.92 Å². The monoisotopic (exact) mass is 356 g/mol. The summed E-state index contributed by atoms with van der Waals surface area (Å²) in [6.45, 7) is 11.1. The number of pyridine rings is 1. The molecule has 0 aromatic carbocycles. The molecule has 140 valence electrons. The molecule has 3 rings (SSSR count). The van der Waals surface area contributed by atoms with Gasteiger partial charge in [-0.05, 0) is 32.0 Å². The fourth-order valence-electron chi connectivity index (χ4n) is 3.09. The molecule has 0 radical (unpaired) electrons. The van der Waals surface area contributed by atoms with Gasteiger partial charge >= 0.3 is 0 Å². The molecule has 2 aromatic rings. The molecule has 0 unspecified atom stereocenters. The first kappa shape index (κ1) is 18.4. The standard InChI is InChI=1S/C19H28N6O/c1-14(2)13-25-15(3)17(12-21-25)19(26)22-18-6-5-16(11-20-18)24-9-7-23(4)8-10-24/h5-6,11-12,14H,7-10,13H2,1-4H3,(H,20,22,26). The Hall–Kier alpha value is -2.41. The van der Waals surface area contributed by atoms with Crippen molar-refractivity contribution in [3.05, 3.63) is 35.8 Å². The summed E-state index contributed by atoms with van der Waals surface area (Å²) in [6.07, 6.45) is 3.46. The first-order valence-corrected chi connectivity index (χ1v) is 9.17. The molecule has 0 spiro atoms. The Morgan fingerprint density at radius 1 is 1.19 bits per heavy atom. The Balaban J connectivity index is 1.64. The van der Waals surface area contributed by atoms with Crippen molar-refractivity contribution in [3.63, 3.8) is 0 Å².